The Morgan fingerprint density at radius 2 is 2.20 bits per heavy atom. The molecular formula is C18H33IN4S2. The normalized spacial score (nSPS) is 16.8. The van der Waals surface area contributed by atoms with Crippen molar-refractivity contribution in [3.05, 3.63) is 21.9 Å². The highest BCUT2D eigenvalue weighted by Gasteiger charge is 2.21. The van der Waals surface area contributed by atoms with E-state index in [4.69, 9.17) is 4.99 Å². The predicted octanol–water partition coefficient (Wildman–Crippen LogP) is 3.81. The molecular weight excluding hydrogens is 463 g/mol. The maximum absolute atomic E-state index is 4.76. The summed E-state index contributed by atoms with van der Waals surface area (Å²) < 4.78 is 0.177. The molecule has 0 radical (unpaired) electrons. The zero-order valence-electron chi connectivity index (χ0n) is 16.1. The molecule has 25 heavy (non-hydrogen) atoms. The Balaban J connectivity index is 0.00000312. The minimum absolute atomic E-state index is 0. The molecule has 2 rings (SSSR count). The number of nitrogens with one attached hydrogen (secondary N) is 2. The van der Waals surface area contributed by atoms with Gasteiger partial charge in [0.25, 0.3) is 0 Å². The second-order valence-electron chi connectivity index (χ2n) is 6.98. The van der Waals surface area contributed by atoms with Gasteiger partial charge in [0, 0.05) is 41.8 Å². The third-order valence-electron chi connectivity index (χ3n) is 4.54. The van der Waals surface area contributed by atoms with Crippen LogP contribution in [0.1, 0.15) is 38.1 Å². The summed E-state index contributed by atoms with van der Waals surface area (Å²) in [4.78, 5) is 8.89. The molecule has 4 nitrogen and oxygen atoms in total. The summed E-state index contributed by atoms with van der Waals surface area (Å²) in [5.41, 5.74) is 1.51. The van der Waals surface area contributed by atoms with Crippen molar-refractivity contribution in [2.75, 3.05) is 32.4 Å². The average Bonchev–Trinajstić information content (AvgIpc) is 3.04. The van der Waals surface area contributed by atoms with Crippen LogP contribution >= 0.6 is 47.1 Å². The molecule has 0 spiro atoms. The monoisotopic (exact) mass is 496 g/mol. The minimum Gasteiger partial charge on any atom is -0.357 e. The molecule has 2 heterocycles. The van der Waals surface area contributed by atoms with Gasteiger partial charge in [-0.3, -0.25) is 9.89 Å². The van der Waals surface area contributed by atoms with Crippen LogP contribution in [-0.2, 0) is 13.0 Å². The van der Waals surface area contributed by atoms with E-state index in [2.05, 4.69) is 60.9 Å². The number of guanidine groups is 1. The second-order valence-corrected chi connectivity index (χ2v) is 9.49. The van der Waals surface area contributed by atoms with Crippen molar-refractivity contribution in [3.8, 4) is 0 Å². The standard InChI is InChI=1S/C18H32N4S2.HI/c1-6-19-17(21-13-18(3,4)23-5)20-11-14(2)22-9-7-16-15(12-22)8-10-24-16;/h8,10,14H,6-7,9,11-13H2,1-5H3,(H2,19,20,21);1H. The summed E-state index contributed by atoms with van der Waals surface area (Å²) in [6.07, 6.45) is 3.33. The number of nitrogens with zero attached hydrogens (tertiary/aromatic N) is 2. The zero-order valence-corrected chi connectivity index (χ0v) is 20.1. The van der Waals surface area contributed by atoms with E-state index in [1.54, 1.807) is 4.88 Å². The molecule has 0 saturated heterocycles. The molecule has 144 valence electrons. The van der Waals surface area contributed by atoms with Crippen molar-refractivity contribution < 1.29 is 0 Å². The number of thioether (sulfide) groups is 1. The van der Waals surface area contributed by atoms with Crippen LogP contribution in [0.3, 0.4) is 0 Å². The summed E-state index contributed by atoms with van der Waals surface area (Å²) >= 11 is 3.76. The van der Waals surface area contributed by atoms with Crippen LogP contribution in [0.2, 0.25) is 0 Å². The maximum Gasteiger partial charge on any atom is 0.191 e. The summed E-state index contributed by atoms with van der Waals surface area (Å²) in [6.45, 7) is 13.8. The van der Waals surface area contributed by atoms with Gasteiger partial charge in [0.05, 0.1) is 6.54 Å². The molecule has 1 atom stereocenters. The largest absolute Gasteiger partial charge is 0.357 e. The molecule has 1 aromatic heterocycles. The lowest BCUT2D eigenvalue weighted by atomic mass is 10.1. The lowest BCUT2D eigenvalue weighted by Crippen LogP contribution is -2.47. The summed E-state index contributed by atoms with van der Waals surface area (Å²) in [5.74, 6) is 0.930. The molecule has 0 saturated carbocycles. The van der Waals surface area contributed by atoms with E-state index < -0.39 is 0 Å². The molecule has 1 unspecified atom stereocenters. The predicted molar refractivity (Wildman–Crippen MR) is 125 cm³/mol. The lowest BCUT2D eigenvalue weighted by Gasteiger charge is -2.33. The van der Waals surface area contributed by atoms with Gasteiger partial charge in [-0.05, 0) is 57.4 Å². The number of halogens is 1. The van der Waals surface area contributed by atoms with E-state index in [-0.39, 0.29) is 28.7 Å². The highest BCUT2D eigenvalue weighted by Crippen LogP contribution is 2.25. The lowest BCUT2D eigenvalue weighted by molar-refractivity contribution is 0.192. The third kappa shape index (κ3) is 7.27. The zero-order chi connectivity index (χ0) is 17.6. The van der Waals surface area contributed by atoms with E-state index in [9.17, 15) is 0 Å². The van der Waals surface area contributed by atoms with E-state index in [1.807, 2.05) is 23.1 Å². The van der Waals surface area contributed by atoms with Gasteiger partial charge >= 0.3 is 0 Å². The number of hydrogen-bond acceptors (Lipinski definition) is 4. The topological polar surface area (TPSA) is 39.7 Å². The number of aliphatic imine (C=N–C) groups is 1. The van der Waals surface area contributed by atoms with E-state index in [1.165, 1.54) is 12.0 Å². The molecule has 1 aliphatic heterocycles. The SMILES string of the molecule is CCNC(=NCC(C)(C)SC)NCC(C)N1CCc2sccc2C1.I. The minimum atomic E-state index is 0. The fraction of sp³-hybridized carbons (Fsp3) is 0.722. The second kappa shape index (κ2) is 11.0. The van der Waals surface area contributed by atoms with Crippen molar-refractivity contribution in [1.29, 1.82) is 0 Å². The Bertz CT molecular complexity index is 545. The average molecular weight is 497 g/mol. The van der Waals surface area contributed by atoms with Gasteiger partial charge in [-0.1, -0.05) is 0 Å². The van der Waals surface area contributed by atoms with Crippen LogP contribution < -0.4 is 10.6 Å². The van der Waals surface area contributed by atoms with E-state index in [0.29, 0.717) is 6.04 Å². The summed E-state index contributed by atoms with van der Waals surface area (Å²) in [7, 11) is 0. The fourth-order valence-electron chi connectivity index (χ4n) is 2.70. The Labute approximate surface area is 178 Å². The van der Waals surface area contributed by atoms with Crippen molar-refractivity contribution in [2.45, 2.75) is 51.4 Å². The maximum atomic E-state index is 4.76. The van der Waals surface area contributed by atoms with Gasteiger partial charge in [0.1, 0.15) is 0 Å². The Morgan fingerprint density at radius 1 is 1.44 bits per heavy atom. The van der Waals surface area contributed by atoms with Crippen LogP contribution in [0.25, 0.3) is 0 Å². The number of hydrogen-bond donors (Lipinski definition) is 2. The quantitative estimate of drug-likeness (QED) is 0.342. The van der Waals surface area contributed by atoms with Crippen molar-refractivity contribution in [1.82, 2.24) is 15.5 Å². The Hall–Kier alpha value is 0.01000. The first-order valence-electron chi connectivity index (χ1n) is 8.82. The molecule has 0 bridgehead atoms. The first kappa shape index (κ1) is 23.0. The Morgan fingerprint density at radius 3 is 2.88 bits per heavy atom. The van der Waals surface area contributed by atoms with Gasteiger partial charge < -0.3 is 10.6 Å². The van der Waals surface area contributed by atoms with Crippen molar-refractivity contribution in [2.24, 2.45) is 4.99 Å². The molecule has 0 aliphatic carbocycles. The van der Waals surface area contributed by atoms with E-state index >= 15 is 0 Å². The first-order valence-corrected chi connectivity index (χ1v) is 10.9. The number of fused-ring (bicyclic) bond motifs is 1. The van der Waals surface area contributed by atoms with E-state index in [0.717, 1.165) is 38.7 Å². The van der Waals surface area contributed by atoms with Crippen molar-refractivity contribution >= 4 is 53.0 Å². The molecule has 2 N–H and O–H groups in total. The molecule has 7 heteroatoms. The third-order valence-corrected chi connectivity index (χ3v) is 6.80. The summed E-state index contributed by atoms with van der Waals surface area (Å²) in [5, 5.41) is 9.11. The van der Waals surface area contributed by atoms with Gasteiger partial charge in [-0.15, -0.1) is 35.3 Å². The first-order chi connectivity index (χ1) is 11.4. The van der Waals surface area contributed by atoms with Gasteiger partial charge in [-0.25, -0.2) is 0 Å². The van der Waals surface area contributed by atoms with Gasteiger partial charge in [-0.2, -0.15) is 11.8 Å². The molecule has 0 fully saturated rings. The van der Waals surface area contributed by atoms with Gasteiger partial charge in [0.2, 0.25) is 0 Å². The van der Waals surface area contributed by atoms with Gasteiger partial charge in [0.15, 0.2) is 5.96 Å². The molecule has 0 amide bonds. The fourth-order valence-corrected chi connectivity index (χ4v) is 3.78. The molecule has 1 aliphatic rings. The highest BCUT2D eigenvalue weighted by atomic mass is 127. The van der Waals surface area contributed by atoms with Crippen LogP contribution in [-0.4, -0.2) is 54.1 Å². The van der Waals surface area contributed by atoms with Crippen LogP contribution in [0.15, 0.2) is 16.4 Å². The highest BCUT2D eigenvalue weighted by molar-refractivity contribution is 14.0. The molecule has 0 aromatic carbocycles. The molecule has 1 aromatic rings. The smallest absolute Gasteiger partial charge is 0.191 e. The van der Waals surface area contributed by atoms with Crippen LogP contribution in [0.4, 0.5) is 0 Å². The van der Waals surface area contributed by atoms with Crippen LogP contribution in [0, 0.1) is 0 Å². The Kier molecular flexibility index (Phi) is 10.1. The number of rotatable bonds is 7. The van der Waals surface area contributed by atoms with Crippen molar-refractivity contribution in [3.63, 3.8) is 0 Å². The van der Waals surface area contributed by atoms with Crippen LogP contribution in [0.5, 0.6) is 0 Å². The summed E-state index contributed by atoms with van der Waals surface area (Å²) in [6, 6.07) is 2.78. The number of thiophene rings is 1.